The molecule has 0 bridgehead atoms. The highest BCUT2D eigenvalue weighted by atomic mass is 16.6. The Morgan fingerprint density at radius 2 is 2.04 bits per heavy atom. The number of hydrogen-bond acceptors (Lipinski definition) is 5. The van der Waals surface area contributed by atoms with Gasteiger partial charge in [-0.1, -0.05) is 44.2 Å². The minimum absolute atomic E-state index is 0.0428. The van der Waals surface area contributed by atoms with Crippen molar-refractivity contribution in [2.24, 2.45) is 5.41 Å². The van der Waals surface area contributed by atoms with E-state index in [2.05, 4.69) is 13.8 Å². The van der Waals surface area contributed by atoms with Crippen molar-refractivity contribution < 1.29 is 24.1 Å². The molecule has 0 amide bonds. The molecule has 1 aromatic rings. The van der Waals surface area contributed by atoms with Gasteiger partial charge >= 0.3 is 0 Å². The summed E-state index contributed by atoms with van der Waals surface area (Å²) < 4.78 is 22.8. The Bertz CT molecular complexity index is 434. The zero-order valence-corrected chi connectivity index (χ0v) is 14.1. The highest BCUT2D eigenvalue weighted by Gasteiger charge is 2.26. The van der Waals surface area contributed by atoms with Crippen LogP contribution in [0.1, 0.15) is 19.4 Å². The predicted molar refractivity (Wildman–Crippen MR) is 87.3 cm³/mol. The fraction of sp³-hybridized carbons (Fsp3) is 0.667. The van der Waals surface area contributed by atoms with E-state index in [9.17, 15) is 5.11 Å². The molecule has 1 aromatic carbocycles. The first kappa shape index (κ1) is 18.4. The fourth-order valence-corrected chi connectivity index (χ4v) is 2.27. The van der Waals surface area contributed by atoms with Gasteiger partial charge in [0.05, 0.1) is 46.2 Å². The maximum Gasteiger partial charge on any atom is 0.104 e. The maximum absolute atomic E-state index is 9.39. The van der Waals surface area contributed by atoms with Crippen LogP contribution in [0.3, 0.4) is 0 Å². The van der Waals surface area contributed by atoms with Gasteiger partial charge in [-0.25, -0.2) is 0 Å². The van der Waals surface area contributed by atoms with E-state index >= 15 is 0 Å². The van der Waals surface area contributed by atoms with E-state index in [1.165, 1.54) is 0 Å². The van der Waals surface area contributed by atoms with Gasteiger partial charge in [0.15, 0.2) is 0 Å². The minimum atomic E-state index is -0.335. The molecule has 0 saturated carbocycles. The van der Waals surface area contributed by atoms with Crippen molar-refractivity contribution in [1.82, 2.24) is 0 Å². The Labute approximate surface area is 138 Å². The van der Waals surface area contributed by atoms with E-state index in [0.717, 1.165) is 5.56 Å². The van der Waals surface area contributed by atoms with Gasteiger partial charge in [0.1, 0.15) is 12.2 Å². The smallest absolute Gasteiger partial charge is 0.104 e. The molecule has 0 spiro atoms. The predicted octanol–water partition coefficient (Wildman–Crippen LogP) is 2.02. The first-order valence-corrected chi connectivity index (χ1v) is 8.12. The van der Waals surface area contributed by atoms with Crippen molar-refractivity contribution in [2.75, 3.05) is 39.6 Å². The summed E-state index contributed by atoms with van der Waals surface area (Å²) in [6, 6.07) is 9.88. The fourth-order valence-electron chi connectivity index (χ4n) is 2.27. The van der Waals surface area contributed by atoms with Gasteiger partial charge in [0.25, 0.3) is 0 Å². The highest BCUT2D eigenvalue weighted by Crippen LogP contribution is 2.20. The summed E-state index contributed by atoms with van der Waals surface area (Å²) in [6.07, 6.45) is -0.399. The highest BCUT2D eigenvalue weighted by molar-refractivity contribution is 5.13. The van der Waals surface area contributed by atoms with E-state index in [4.69, 9.17) is 18.9 Å². The molecule has 0 radical (unpaired) electrons. The van der Waals surface area contributed by atoms with Crippen molar-refractivity contribution in [2.45, 2.75) is 32.7 Å². The van der Waals surface area contributed by atoms with E-state index in [0.29, 0.717) is 39.6 Å². The lowest BCUT2D eigenvalue weighted by Gasteiger charge is -2.21. The van der Waals surface area contributed by atoms with Crippen LogP contribution >= 0.6 is 0 Å². The van der Waals surface area contributed by atoms with Crippen LogP contribution in [0.5, 0.6) is 0 Å². The quantitative estimate of drug-likeness (QED) is 0.793. The average molecular weight is 324 g/mol. The van der Waals surface area contributed by atoms with Gasteiger partial charge < -0.3 is 24.1 Å². The molecule has 2 unspecified atom stereocenters. The van der Waals surface area contributed by atoms with Gasteiger partial charge in [-0.05, 0) is 5.56 Å². The average Bonchev–Trinajstić information content (AvgIpc) is 2.72. The number of aliphatic hydroxyl groups is 1. The van der Waals surface area contributed by atoms with Crippen molar-refractivity contribution in [3.8, 4) is 0 Å². The largest absolute Gasteiger partial charge is 0.394 e. The van der Waals surface area contributed by atoms with Gasteiger partial charge in [-0.3, -0.25) is 0 Å². The summed E-state index contributed by atoms with van der Waals surface area (Å²) in [6.45, 7) is 7.32. The van der Waals surface area contributed by atoms with Crippen molar-refractivity contribution >= 4 is 0 Å². The van der Waals surface area contributed by atoms with E-state index in [-0.39, 0.29) is 24.2 Å². The van der Waals surface area contributed by atoms with Crippen LogP contribution in [0.4, 0.5) is 0 Å². The second-order valence-electron chi connectivity index (χ2n) is 6.75. The standard InChI is InChI=1S/C18H28O5/c1-18(2)13-21-12-17(23-14-18)11-20-10-16(8-19)22-9-15-6-4-3-5-7-15/h3-7,16-17,19H,8-14H2,1-2H3. The SMILES string of the molecule is CC1(C)COCC(COCC(CO)OCc2ccccc2)OC1. The van der Waals surface area contributed by atoms with Gasteiger partial charge in [0.2, 0.25) is 0 Å². The molecule has 1 fully saturated rings. The minimum Gasteiger partial charge on any atom is -0.394 e. The third kappa shape index (κ3) is 6.97. The summed E-state index contributed by atoms with van der Waals surface area (Å²) in [5.41, 5.74) is 1.12. The molecule has 2 atom stereocenters. The van der Waals surface area contributed by atoms with Crippen LogP contribution in [0.25, 0.3) is 0 Å². The lowest BCUT2D eigenvalue weighted by Crippen LogP contribution is -2.30. The Morgan fingerprint density at radius 3 is 2.78 bits per heavy atom. The van der Waals surface area contributed by atoms with Crippen LogP contribution in [0.15, 0.2) is 30.3 Å². The Kier molecular flexibility index (Phi) is 7.46. The molecule has 5 nitrogen and oxygen atoms in total. The zero-order valence-electron chi connectivity index (χ0n) is 14.1. The van der Waals surface area contributed by atoms with Gasteiger partial charge in [-0.2, -0.15) is 0 Å². The molecule has 1 aliphatic heterocycles. The molecule has 2 rings (SSSR count). The van der Waals surface area contributed by atoms with Gasteiger partial charge in [-0.15, -0.1) is 0 Å². The first-order valence-electron chi connectivity index (χ1n) is 8.12. The number of rotatable bonds is 8. The summed E-state index contributed by atoms with van der Waals surface area (Å²) in [4.78, 5) is 0. The van der Waals surface area contributed by atoms with Crippen molar-refractivity contribution in [3.63, 3.8) is 0 Å². The van der Waals surface area contributed by atoms with Crippen molar-refractivity contribution in [1.29, 1.82) is 0 Å². The molecule has 0 aliphatic carbocycles. The Balaban J connectivity index is 1.65. The third-order valence-electron chi connectivity index (χ3n) is 3.65. The number of aliphatic hydroxyl groups excluding tert-OH is 1. The Hall–Kier alpha value is -0.980. The number of hydrogen-bond donors (Lipinski definition) is 1. The molecule has 1 heterocycles. The molecule has 1 saturated heterocycles. The summed E-state index contributed by atoms with van der Waals surface area (Å²) in [7, 11) is 0. The molecule has 0 aromatic heterocycles. The number of ether oxygens (including phenoxy) is 4. The normalized spacial score (nSPS) is 22.5. The monoisotopic (exact) mass is 324 g/mol. The molecular weight excluding hydrogens is 296 g/mol. The second kappa shape index (κ2) is 9.35. The molecule has 1 aliphatic rings. The van der Waals surface area contributed by atoms with Crippen LogP contribution in [0, 0.1) is 5.41 Å². The van der Waals surface area contributed by atoms with Crippen LogP contribution < -0.4 is 0 Å². The topological polar surface area (TPSA) is 57.2 Å². The summed E-state index contributed by atoms with van der Waals surface area (Å²) in [5, 5.41) is 9.39. The number of benzene rings is 1. The lowest BCUT2D eigenvalue weighted by atomic mass is 9.97. The summed E-state index contributed by atoms with van der Waals surface area (Å²) in [5.74, 6) is 0. The van der Waals surface area contributed by atoms with Crippen LogP contribution in [0.2, 0.25) is 0 Å². The molecule has 1 N–H and O–H groups in total. The third-order valence-corrected chi connectivity index (χ3v) is 3.65. The molecule has 5 heteroatoms. The van der Waals surface area contributed by atoms with E-state index in [1.807, 2.05) is 30.3 Å². The Morgan fingerprint density at radius 1 is 1.26 bits per heavy atom. The molecule has 130 valence electrons. The van der Waals surface area contributed by atoms with Crippen molar-refractivity contribution in [3.05, 3.63) is 35.9 Å². The molecular formula is C18H28O5. The van der Waals surface area contributed by atoms with Crippen LogP contribution in [-0.4, -0.2) is 57.0 Å². The summed E-state index contributed by atoms with van der Waals surface area (Å²) >= 11 is 0. The van der Waals surface area contributed by atoms with Crippen LogP contribution in [-0.2, 0) is 25.6 Å². The molecule has 23 heavy (non-hydrogen) atoms. The van der Waals surface area contributed by atoms with E-state index in [1.54, 1.807) is 0 Å². The zero-order chi connectivity index (χ0) is 16.5. The lowest BCUT2D eigenvalue weighted by molar-refractivity contribution is -0.0825. The van der Waals surface area contributed by atoms with E-state index < -0.39 is 0 Å². The second-order valence-corrected chi connectivity index (χ2v) is 6.75. The maximum atomic E-state index is 9.39. The van der Waals surface area contributed by atoms with Gasteiger partial charge in [0, 0.05) is 5.41 Å². The first-order chi connectivity index (χ1) is 11.1.